The van der Waals surface area contributed by atoms with Crippen molar-refractivity contribution >= 4 is 23.4 Å². The van der Waals surface area contributed by atoms with Crippen molar-refractivity contribution in [3.05, 3.63) is 29.8 Å². The Bertz CT molecular complexity index is 395. The first-order valence-corrected chi connectivity index (χ1v) is 7.38. The van der Waals surface area contributed by atoms with Crippen molar-refractivity contribution in [3.63, 3.8) is 0 Å². The van der Waals surface area contributed by atoms with E-state index in [-0.39, 0.29) is 11.3 Å². The number of rotatable bonds is 4. The predicted molar refractivity (Wildman–Crippen MR) is 79.7 cm³/mol. The zero-order valence-electron chi connectivity index (χ0n) is 11.5. The number of nitrogens with two attached hydrogens (primary N) is 1. The molecule has 0 aliphatic rings. The Balaban J connectivity index is 2.65. The molecule has 1 atom stereocenters. The van der Waals surface area contributed by atoms with Gasteiger partial charge < -0.3 is 11.1 Å². The number of hydrogen-bond donors (Lipinski definition) is 2. The molecule has 0 aromatic heterocycles. The van der Waals surface area contributed by atoms with E-state index in [9.17, 15) is 4.79 Å². The van der Waals surface area contributed by atoms with E-state index in [0.29, 0.717) is 0 Å². The molecule has 3 N–H and O–H groups in total. The van der Waals surface area contributed by atoms with E-state index in [2.05, 4.69) is 11.6 Å². The molecule has 0 unspecified atom stereocenters. The van der Waals surface area contributed by atoms with Crippen LogP contribution in [0.5, 0.6) is 0 Å². The fraction of sp³-hybridized carbons (Fsp3) is 0.500. The van der Waals surface area contributed by atoms with E-state index in [4.69, 9.17) is 5.73 Å². The summed E-state index contributed by atoms with van der Waals surface area (Å²) in [5.41, 5.74) is 7.72. The van der Waals surface area contributed by atoms with Gasteiger partial charge in [0.2, 0.25) is 5.91 Å². The fourth-order valence-electron chi connectivity index (χ4n) is 1.46. The molecule has 0 aliphatic heterocycles. The van der Waals surface area contributed by atoms with Crippen molar-refractivity contribution in [2.75, 3.05) is 11.6 Å². The quantitative estimate of drug-likeness (QED) is 0.881. The molecule has 1 rings (SSSR count). The summed E-state index contributed by atoms with van der Waals surface area (Å²) in [5.74, 6) is 0.843. The van der Waals surface area contributed by atoms with Crippen LogP contribution in [0, 0.1) is 5.41 Å². The summed E-state index contributed by atoms with van der Waals surface area (Å²) in [4.78, 5) is 11.9. The minimum Gasteiger partial charge on any atom is -0.325 e. The van der Waals surface area contributed by atoms with E-state index in [1.54, 1.807) is 11.8 Å². The molecule has 18 heavy (non-hydrogen) atoms. The Morgan fingerprint density at radius 3 is 2.33 bits per heavy atom. The van der Waals surface area contributed by atoms with Crippen LogP contribution in [-0.2, 0) is 10.5 Å². The number of carbonyl (C=O) groups is 1. The Labute approximate surface area is 114 Å². The number of benzene rings is 1. The molecule has 0 spiro atoms. The Kier molecular flexibility index (Phi) is 5.23. The summed E-state index contributed by atoms with van der Waals surface area (Å²) in [5, 5.41) is 2.85. The highest BCUT2D eigenvalue weighted by atomic mass is 32.2. The standard InChI is InChI=1S/C14H22N2OS/c1-14(2,3)12(15)13(17)16-11-7-5-10(6-8-11)9-18-4/h5-8,12H,9,15H2,1-4H3,(H,16,17)/t12-/m1/s1. The molecular formula is C14H22N2OS. The molecule has 3 nitrogen and oxygen atoms in total. The third kappa shape index (κ3) is 4.35. The van der Waals surface area contributed by atoms with E-state index in [1.807, 2.05) is 45.0 Å². The molecule has 0 saturated carbocycles. The van der Waals surface area contributed by atoms with Crippen molar-refractivity contribution < 1.29 is 4.79 Å². The van der Waals surface area contributed by atoms with Crippen LogP contribution in [0.3, 0.4) is 0 Å². The lowest BCUT2D eigenvalue weighted by Crippen LogP contribution is -2.45. The van der Waals surface area contributed by atoms with E-state index in [1.165, 1.54) is 5.56 Å². The summed E-state index contributed by atoms with van der Waals surface area (Å²) in [7, 11) is 0. The van der Waals surface area contributed by atoms with Crippen molar-refractivity contribution in [3.8, 4) is 0 Å². The number of thioether (sulfide) groups is 1. The molecule has 1 aromatic carbocycles. The maximum Gasteiger partial charge on any atom is 0.241 e. The van der Waals surface area contributed by atoms with E-state index < -0.39 is 6.04 Å². The molecule has 1 amide bonds. The van der Waals surface area contributed by atoms with Gasteiger partial charge in [0.05, 0.1) is 6.04 Å². The Hall–Kier alpha value is -1.00. The summed E-state index contributed by atoms with van der Waals surface area (Å²) >= 11 is 1.78. The largest absolute Gasteiger partial charge is 0.325 e. The highest BCUT2D eigenvalue weighted by Crippen LogP contribution is 2.19. The lowest BCUT2D eigenvalue weighted by molar-refractivity contribution is -0.119. The zero-order chi connectivity index (χ0) is 13.8. The van der Waals surface area contributed by atoms with Gasteiger partial charge in [0.1, 0.15) is 0 Å². The second-order valence-corrected chi connectivity index (χ2v) is 6.33. The molecule has 100 valence electrons. The molecule has 0 aliphatic carbocycles. The van der Waals surface area contributed by atoms with Gasteiger partial charge in [0, 0.05) is 11.4 Å². The van der Waals surface area contributed by atoms with Crippen LogP contribution in [0.15, 0.2) is 24.3 Å². The van der Waals surface area contributed by atoms with Crippen molar-refractivity contribution in [2.45, 2.75) is 32.6 Å². The average molecular weight is 266 g/mol. The second kappa shape index (κ2) is 6.25. The van der Waals surface area contributed by atoms with Gasteiger partial charge in [0.15, 0.2) is 0 Å². The second-order valence-electron chi connectivity index (χ2n) is 5.46. The van der Waals surface area contributed by atoms with Crippen LogP contribution < -0.4 is 11.1 Å². The van der Waals surface area contributed by atoms with Crippen molar-refractivity contribution in [1.29, 1.82) is 0 Å². The van der Waals surface area contributed by atoms with Crippen LogP contribution in [0.1, 0.15) is 26.3 Å². The minimum absolute atomic E-state index is 0.139. The predicted octanol–water partition coefficient (Wildman–Crippen LogP) is 2.86. The molecule has 0 fully saturated rings. The van der Waals surface area contributed by atoms with Gasteiger partial charge in [-0.1, -0.05) is 32.9 Å². The first-order chi connectivity index (χ1) is 8.34. The van der Waals surface area contributed by atoms with Crippen molar-refractivity contribution in [1.82, 2.24) is 0 Å². The maximum atomic E-state index is 11.9. The number of nitrogens with one attached hydrogen (secondary N) is 1. The highest BCUT2D eigenvalue weighted by molar-refractivity contribution is 7.97. The van der Waals surface area contributed by atoms with Crippen LogP contribution in [0.25, 0.3) is 0 Å². The monoisotopic (exact) mass is 266 g/mol. The normalized spacial score (nSPS) is 13.2. The Morgan fingerprint density at radius 1 is 1.33 bits per heavy atom. The van der Waals surface area contributed by atoms with E-state index >= 15 is 0 Å². The lowest BCUT2D eigenvalue weighted by Gasteiger charge is -2.25. The third-order valence-corrected chi connectivity index (χ3v) is 3.37. The van der Waals surface area contributed by atoms with Gasteiger partial charge in [-0.25, -0.2) is 0 Å². The van der Waals surface area contributed by atoms with Gasteiger partial charge >= 0.3 is 0 Å². The number of carbonyl (C=O) groups excluding carboxylic acids is 1. The topological polar surface area (TPSA) is 55.1 Å². The first kappa shape index (κ1) is 15.1. The molecule has 0 heterocycles. The molecule has 0 radical (unpaired) electrons. The minimum atomic E-state index is -0.511. The maximum absolute atomic E-state index is 11.9. The van der Waals surface area contributed by atoms with Crippen LogP contribution in [0.2, 0.25) is 0 Å². The number of amides is 1. The van der Waals surface area contributed by atoms with Gasteiger partial charge in [-0.2, -0.15) is 11.8 Å². The average Bonchev–Trinajstić information content (AvgIpc) is 2.30. The molecule has 1 aromatic rings. The number of hydrogen-bond acceptors (Lipinski definition) is 3. The van der Waals surface area contributed by atoms with Gasteiger partial charge in [-0.05, 0) is 29.4 Å². The molecule has 0 bridgehead atoms. The van der Waals surface area contributed by atoms with Crippen LogP contribution in [0.4, 0.5) is 5.69 Å². The van der Waals surface area contributed by atoms with Crippen LogP contribution in [-0.4, -0.2) is 18.2 Å². The smallest absolute Gasteiger partial charge is 0.241 e. The van der Waals surface area contributed by atoms with Gasteiger partial charge in [-0.3, -0.25) is 4.79 Å². The van der Waals surface area contributed by atoms with E-state index in [0.717, 1.165) is 11.4 Å². The summed E-state index contributed by atoms with van der Waals surface area (Å²) < 4.78 is 0. The lowest BCUT2D eigenvalue weighted by atomic mass is 9.87. The summed E-state index contributed by atoms with van der Waals surface area (Å²) in [6.45, 7) is 5.87. The number of anilines is 1. The molecule has 4 heteroatoms. The van der Waals surface area contributed by atoms with Gasteiger partial charge in [0.25, 0.3) is 0 Å². The SMILES string of the molecule is CSCc1ccc(NC(=O)[C@@H](N)C(C)(C)C)cc1. The van der Waals surface area contributed by atoms with Crippen molar-refractivity contribution in [2.24, 2.45) is 11.1 Å². The fourth-order valence-corrected chi connectivity index (χ4v) is 1.99. The highest BCUT2D eigenvalue weighted by Gasteiger charge is 2.27. The molecular weight excluding hydrogens is 244 g/mol. The summed E-state index contributed by atoms with van der Waals surface area (Å²) in [6, 6.07) is 7.37. The zero-order valence-corrected chi connectivity index (χ0v) is 12.3. The summed E-state index contributed by atoms with van der Waals surface area (Å²) in [6.07, 6.45) is 2.07. The van der Waals surface area contributed by atoms with Crippen LogP contribution >= 0.6 is 11.8 Å². The molecule has 0 saturated heterocycles. The van der Waals surface area contributed by atoms with Gasteiger partial charge in [-0.15, -0.1) is 0 Å². The third-order valence-electron chi connectivity index (χ3n) is 2.75. The first-order valence-electron chi connectivity index (χ1n) is 5.99. The Morgan fingerprint density at radius 2 is 1.89 bits per heavy atom.